The summed E-state index contributed by atoms with van der Waals surface area (Å²) in [4.78, 5) is 0. The van der Waals surface area contributed by atoms with Crippen LogP contribution in [0.2, 0.25) is 0 Å². The Balaban J connectivity index is 2.02. The lowest BCUT2D eigenvalue weighted by Crippen LogP contribution is -1.87. The molecule has 6 aromatic rings. The highest BCUT2D eigenvalue weighted by atomic mass is 32.5. The molecule has 1 heterocycles. The summed E-state index contributed by atoms with van der Waals surface area (Å²) in [6.45, 7) is 5.59. The molecule has 0 radical (unpaired) electrons. The summed E-state index contributed by atoms with van der Waals surface area (Å²) >= 11 is 0. The number of hydrogen-bond acceptors (Lipinski definition) is 1. The van der Waals surface area contributed by atoms with Gasteiger partial charge in [0, 0.05) is 20.5 Å². The zero-order chi connectivity index (χ0) is 23.8. The highest BCUT2D eigenvalue weighted by Gasteiger charge is 2.14. The van der Waals surface area contributed by atoms with Gasteiger partial charge < -0.3 is 0 Å². The van der Waals surface area contributed by atoms with E-state index in [9.17, 15) is 0 Å². The monoisotopic (exact) mass is 484 g/mol. The molecular weight excluding hydrogens is 459 g/mol. The first-order valence-electron chi connectivity index (χ1n) is 11.9. The molecule has 1 atom stereocenters. The van der Waals surface area contributed by atoms with Crippen molar-refractivity contribution in [3.8, 4) is 5.30 Å². The summed E-state index contributed by atoms with van der Waals surface area (Å²) in [6.07, 6.45) is 6.37. The smallest absolute Gasteiger partial charge is 0.0398 e. The molecule has 0 saturated heterocycles. The lowest BCUT2D eigenvalue weighted by Gasteiger charge is -2.15. The first kappa shape index (κ1) is 21.9. The SMILES string of the molecule is C=Cc1ccc2c3ccccc3p(-c3ccccc3)sc3ccc4ccccc4c3c2c1/C=C\C. The quantitative estimate of drug-likeness (QED) is 0.234. The maximum atomic E-state index is 4.14. The molecule has 0 aliphatic carbocycles. The fourth-order valence-electron chi connectivity index (χ4n) is 5.02. The Morgan fingerprint density at radius 3 is 2.23 bits per heavy atom. The Bertz CT molecular complexity index is 1810. The lowest BCUT2D eigenvalue weighted by molar-refractivity contribution is 1.69. The normalized spacial score (nSPS) is 12.1. The van der Waals surface area contributed by atoms with E-state index in [0.29, 0.717) is 0 Å². The van der Waals surface area contributed by atoms with Gasteiger partial charge in [-0.1, -0.05) is 104 Å². The summed E-state index contributed by atoms with van der Waals surface area (Å²) in [6, 6.07) is 37.9. The maximum absolute atomic E-state index is 4.14. The van der Waals surface area contributed by atoms with Gasteiger partial charge in [-0.05, 0) is 76.0 Å². The van der Waals surface area contributed by atoms with Crippen molar-refractivity contribution in [3.63, 3.8) is 0 Å². The molecule has 1 unspecified atom stereocenters. The molecule has 0 fully saturated rings. The van der Waals surface area contributed by atoms with Crippen LogP contribution in [0.15, 0.2) is 116 Å². The van der Waals surface area contributed by atoms with Crippen molar-refractivity contribution in [2.24, 2.45) is 0 Å². The average molecular weight is 485 g/mol. The molecule has 5 aromatic carbocycles. The van der Waals surface area contributed by atoms with Crippen LogP contribution < -0.4 is 0 Å². The first-order chi connectivity index (χ1) is 17.3. The van der Waals surface area contributed by atoms with Gasteiger partial charge in [0.15, 0.2) is 0 Å². The van der Waals surface area contributed by atoms with E-state index < -0.39 is 6.71 Å². The minimum Gasteiger partial charge on any atom is -0.116 e. The largest absolute Gasteiger partial charge is 0.116 e. The molecular formula is C33H25PS. The molecule has 0 bridgehead atoms. The van der Waals surface area contributed by atoms with Gasteiger partial charge in [-0.2, -0.15) is 0 Å². The third-order valence-corrected chi connectivity index (χ3v) is 11.2. The molecule has 0 spiro atoms. The number of benzene rings is 5. The second-order valence-electron chi connectivity index (χ2n) is 8.59. The fourth-order valence-corrected chi connectivity index (χ4v) is 9.71. The van der Waals surface area contributed by atoms with E-state index in [1.54, 1.807) is 0 Å². The molecule has 35 heavy (non-hydrogen) atoms. The Morgan fingerprint density at radius 1 is 0.686 bits per heavy atom. The van der Waals surface area contributed by atoms with Crippen LogP contribution in [0, 0.1) is 0 Å². The first-order valence-corrected chi connectivity index (χ1v) is 14.6. The van der Waals surface area contributed by atoms with Crippen LogP contribution in [0.3, 0.4) is 0 Å². The zero-order valence-electron chi connectivity index (χ0n) is 19.6. The lowest BCUT2D eigenvalue weighted by atomic mass is 9.93. The van der Waals surface area contributed by atoms with Crippen LogP contribution in [0.25, 0.3) is 59.6 Å². The van der Waals surface area contributed by atoms with Gasteiger partial charge >= 0.3 is 0 Å². The highest BCUT2D eigenvalue weighted by molar-refractivity contribution is 7.99. The van der Waals surface area contributed by atoms with Gasteiger partial charge in [-0.15, -0.1) is 10.9 Å². The Kier molecular flexibility index (Phi) is 5.74. The Morgan fingerprint density at radius 2 is 1.43 bits per heavy atom. The van der Waals surface area contributed by atoms with Crippen molar-refractivity contribution in [2.75, 3.05) is 0 Å². The van der Waals surface area contributed by atoms with Crippen molar-refractivity contribution in [3.05, 3.63) is 127 Å². The van der Waals surface area contributed by atoms with Crippen LogP contribution in [-0.2, 0) is 0 Å². The van der Waals surface area contributed by atoms with Gasteiger partial charge in [-0.3, -0.25) is 0 Å². The molecule has 168 valence electrons. The Labute approximate surface area is 210 Å². The van der Waals surface area contributed by atoms with Gasteiger partial charge in [0.05, 0.1) is 0 Å². The number of rotatable bonds is 3. The van der Waals surface area contributed by atoms with Gasteiger partial charge in [0.2, 0.25) is 0 Å². The predicted octanol–water partition coefficient (Wildman–Crippen LogP) is 11.1. The van der Waals surface area contributed by atoms with E-state index in [0.717, 1.165) is 5.56 Å². The van der Waals surface area contributed by atoms with Crippen molar-refractivity contribution in [1.82, 2.24) is 0 Å². The minimum absolute atomic E-state index is 0.643. The second kappa shape index (κ2) is 9.19. The van der Waals surface area contributed by atoms with Crippen molar-refractivity contribution in [1.29, 1.82) is 0 Å². The van der Waals surface area contributed by atoms with Crippen LogP contribution in [0.1, 0.15) is 18.1 Å². The number of fused-ring (bicyclic) bond motifs is 7. The molecule has 6 rings (SSSR count). The van der Waals surface area contributed by atoms with Crippen LogP contribution in [0.4, 0.5) is 0 Å². The molecule has 1 aromatic heterocycles. The number of hydrogen-bond donors (Lipinski definition) is 0. The van der Waals surface area contributed by atoms with Crippen LogP contribution >= 0.6 is 17.7 Å². The third kappa shape index (κ3) is 3.69. The molecule has 0 aliphatic heterocycles. The van der Waals surface area contributed by atoms with Crippen molar-refractivity contribution < 1.29 is 0 Å². The van der Waals surface area contributed by atoms with Crippen molar-refractivity contribution >= 4 is 71.9 Å². The third-order valence-electron chi connectivity index (χ3n) is 6.57. The summed E-state index contributed by atoms with van der Waals surface area (Å²) in [5.41, 5.74) is 2.40. The number of allylic oxidation sites excluding steroid dienone is 1. The van der Waals surface area contributed by atoms with Crippen molar-refractivity contribution in [2.45, 2.75) is 6.92 Å². The minimum atomic E-state index is -0.643. The molecule has 0 saturated carbocycles. The van der Waals surface area contributed by atoms with E-state index in [1.807, 2.05) is 17.0 Å². The van der Waals surface area contributed by atoms with E-state index in [4.69, 9.17) is 0 Å². The summed E-state index contributed by atoms with van der Waals surface area (Å²) in [7, 11) is 2.02. The zero-order valence-corrected chi connectivity index (χ0v) is 21.3. The molecule has 0 amide bonds. The van der Waals surface area contributed by atoms with Gasteiger partial charge in [-0.25, -0.2) is 0 Å². The molecule has 0 aliphatic rings. The molecule has 2 heteroatoms. The van der Waals surface area contributed by atoms with E-state index in [1.165, 1.54) is 53.0 Å². The Hall–Kier alpha value is -3.64. The average Bonchev–Trinajstić information content (AvgIpc) is 2.91. The summed E-state index contributed by atoms with van der Waals surface area (Å²) < 4.78 is 1.33. The van der Waals surface area contributed by atoms with E-state index in [-0.39, 0.29) is 0 Å². The maximum Gasteiger partial charge on any atom is 0.0398 e. The van der Waals surface area contributed by atoms with Crippen LogP contribution in [-0.4, -0.2) is 0 Å². The topological polar surface area (TPSA) is 0 Å². The summed E-state index contributed by atoms with van der Waals surface area (Å²) in [5.74, 6) is 0. The molecule has 0 nitrogen and oxygen atoms in total. The highest BCUT2D eigenvalue weighted by Crippen LogP contribution is 2.53. The van der Waals surface area contributed by atoms with Gasteiger partial charge in [0.1, 0.15) is 0 Å². The van der Waals surface area contributed by atoms with E-state index in [2.05, 4.69) is 129 Å². The van der Waals surface area contributed by atoms with Gasteiger partial charge in [0.25, 0.3) is 0 Å². The molecule has 0 N–H and O–H groups in total. The summed E-state index contributed by atoms with van der Waals surface area (Å²) in [5, 5.41) is 10.6. The fraction of sp³-hybridized carbons (Fsp3) is 0.0303. The predicted molar refractivity (Wildman–Crippen MR) is 161 cm³/mol. The van der Waals surface area contributed by atoms with E-state index >= 15 is 0 Å². The standard InChI is InChI=1S/C33H25PS/c1-3-12-26-23(4-2)19-21-29-28-17-10-11-18-30(28)34(25-14-6-5-7-15-25)35-31-22-20-24-13-8-9-16-27(24)33(31)32(26)29/h3-22H,2H2,1H3/b12-3-. The van der Waals surface area contributed by atoms with Crippen LogP contribution in [0.5, 0.6) is 0 Å². The second-order valence-corrected chi connectivity index (χ2v) is 12.4.